The fourth-order valence-corrected chi connectivity index (χ4v) is 2.09. The molecule has 0 saturated carbocycles. The number of hydrogen-bond acceptors (Lipinski definition) is 2. The van der Waals surface area contributed by atoms with E-state index in [0.29, 0.717) is 11.3 Å². The SMILES string of the molecule is Cc1cc(F)cc(C(O)c2ncc(C)cc2C)c1. The molecular formula is C15H16FNO. The van der Waals surface area contributed by atoms with Crippen LogP contribution in [0, 0.1) is 26.6 Å². The highest BCUT2D eigenvalue weighted by molar-refractivity contribution is 5.34. The summed E-state index contributed by atoms with van der Waals surface area (Å²) in [6, 6.07) is 6.51. The van der Waals surface area contributed by atoms with E-state index in [1.165, 1.54) is 12.1 Å². The predicted octanol–water partition coefficient (Wildman–Crippen LogP) is 3.23. The Bertz CT molecular complexity index is 560. The average molecular weight is 245 g/mol. The Balaban J connectivity index is 2.44. The fraction of sp³-hybridized carbons (Fsp3) is 0.267. The molecule has 2 nitrogen and oxygen atoms in total. The van der Waals surface area contributed by atoms with E-state index in [1.54, 1.807) is 19.2 Å². The summed E-state index contributed by atoms with van der Waals surface area (Å²) in [5.74, 6) is -0.339. The van der Waals surface area contributed by atoms with E-state index < -0.39 is 6.10 Å². The zero-order chi connectivity index (χ0) is 13.3. The molecule has 1 atom stereocenters. The number of pyridine rings is 1. The molecular weight excluding hydrogens is 229 g/mol. The predicted molar refractivity (Wildman–Crippen MR) is 68.9 cm³/mol. The third-order valence-corrected chi connectivity index (χ3v) is 2.89. The Morgan fingerprint density at radius 3 is 2.39 bits per heavy atom. The van der Waals surface area contributed by atoms with Gasteiger partial charge in [-0.1, -0.05) is 12.1 Å². The Kier molecular flexibility index (Phi) is 3.43. The summed E-state index contributed by atoms with van der Waals surface area (Å²) in [5.41, 5.74) is 3.84. The molecule has 1 aromatic carbocycles. The Morgan fingerprint density at radius 2 is 1.78 bits per heavy atom. The third-order valence-electron chi connectivity index (χ3n) is 2.89. The smallest absolute Gasteiger partial charge is 0.123 e. The normalized spacial score (nSPS) is 12.5. The van der Waals surface area contributed by atoms with E-state index in [1.807, 2.05) is 19.9 Å². The Hall–Kier alpha value is -1.74. The molecule has 0 radical (unpaired) electrons. The maximum absolute atomic E-state index is 13.3. The molecule has 0 fully saturated rings. The molecule has 2 aromatic rings. The van der Waals surface area contributed by atoms with Crippen molar-refractivity contribution in [3.63, 3.8) is 0 Å². The van der Waals surface area contributed by atoms with Crippen LogP contribution in [0.25, 0.3) is 0 Å². The number of benzene rings is 1. The molecule has 3 heteroatoms. The summed E-state index contributed by atoms with van der Waals surface area (Å²) in [5, 5.41) is 10.3. The maximum atomic E-state index is 13.3. The van der Waals surface area contributed by atoms with Crippen molar-refractivity contribution in [3.05, 3.63) is 64.2 Å². The quantitative estimate of drug-likeness (QED) is 0.881. The van der Waals surface area contributed by atoms with Gasteiger partial charge >= 0.3 is 0 Å². The van der Waals surface area contributed by atoms with Gasteiger partial charge in [-0.05, 0) is 55.2 Å². The van der Waals surface area contributed by atoms with Gasteiger partial charge < -0.3 is 5.11 Å². The average Bonchev–Trinajstić information content (AvgIpc) is 2.26. The van der Waals surface area contributed by atoms with Gasteiger partial charge in [0.15, 0.2) is 0 Å². The Morgan fingerprint density at radius 1 is 1.06 bits per heavy atom. The van der Waals surface area contributed by atoms with Crippen molar-refractivity contribution in [1.82, 2.24) is 4.98 Å². The summed E-state index contributed by atoms with van der Waals surface area (Å²) in [6.45, 7) is 5.64. The van der Waals surface area contributed by atoms with Crippen LogP contribution in [0.15, 0.2) is 30.5 Å². The molecule has 1 unspecified atom stereocenters. The second kappa shape index (κ2) is 4.86. The number of hydrogen-bond donors (Lipinski definition) is 1. The molecule has 1 heterocycles. The highest BCUT2D eigenvalue weighted by Gasteiger charge is 2.15. The topological polar surface area (TPSA) is 33.1 Å². The number of aryl methyl sites for hydroxylation is 3. The first-order valence-electron chi connectivity index (χ1n) is 5.85. The van der Waals surface area contributed by atoms with Gasteiger partial charge in [0, 0.05) is 6.20 Å². The third kappa shape index (κ3) is 2.57. The first-order valence-corrected chi connectivity index (χ1v) is 5.85. The highest BCUT2D eigenvalue weighted by atomic mass is 19.1. The van der Waals surface area contributed by atoms with Crippen LogP contribution in [0.2, 0.25) is 0 Å². The van der Waals surface area contributed by atoms with Crippen molar-refractivity contribution in [2.24, 2.45) is 0 Å². The second-order valence-electron chi connectivity index (χ2n) is 4.68. The first kappa shape index (κ1) is 12.7. The van der Waals surface area contributed by atoms with Gasteiger partial charge in [-0.3, -0.25) is 4.98 Å². The van der Waals surface area contributed by atoms with E-state index in [0.717, 1.165) is 16.7 Å². The maximum Gasteiger partial charge on any atom is 0.123 e. The van der Waals surface area contributed by atoms with Gasteiger partial charge in [-0.15, -0.1) is 0 Å². The van der Waals surface area contributed by atoms with Gasteiger partial charge in [0.1, 0.15) is 11.9 Å². The molecule has 1 aromatic heterocycles. The minimum atomic E-state index is -0.889. The number of aliphatic hydroxyl groups is 1. The fourth-order valence-electron chi connectivity index (χ4n) is 2.09. The number of rotatable bonds is 2. The second-order valence-corrected chi connectivity index (χ2v) is 4.68. The summed E-state index contributed by atoms with van der Waals surface area (Å²) in [7, 11) is 0. The monoisotopic (exact) mass is 245 g/mol. The molecule has 0 amide bonds. The lowest BCUT2D eigenvalue weighted by molar-refractivity contribution is 0.214. The lowest BCUT2D eigenvalue weighted by Crippen LogP contribution is -2.06. The summed E-state index contributed by atoms with van der Waals surface area (Å²) >= 11 is 0. The van der Waals surface area contributed by atoms with E-state index in [2.05, 4.69) is 4.98 Å². The zero-order valence-electron chi connectivity index (χ0n) is 10.7. The molecule has 0 aliphatic carbocycles. The lowest BCUT2D eigenvalue weighted by atomic mass is 10.0. The van der Waals surface area contributed by atoms with E-state index in [4.69, 9.17) is 0 Å². The number of nitrogens with zero attached hydrogens (tertiary/aromatic N) is 1. The summed E-state index contributed by atoms with van der Waals surface area (Å²) in [6.07, 6.45) is 0.817. The summed E-state index contributed by atoms with van der Waals surface area (Å²) in [4.78, 5) is 4.24. The van der Waals surface area contributed by atoms with Crippen LogP contribution in [0.4, 0.5) is 4.39 Å². The van der Waals surface area contributed by atoms with E-state index >= 15 is 0 Å². The van der Waals surface area contributed by atoms with Crippen molar-refractivity contribution >= 4 is 0 Å². The minimum Gasteiger partial charge on any atom is -0.382 e. The molecule has 0 spiro atoms. The lowest BCUT2D eigenvalue weighted by Gasteiger charge is -2.14. The first-order chi connectivity index (χ1) is 8.47. The van der Waals surface area contributed by atoms with Gasteiger partial charge in [0.05, 0.1) is 5.69 Å². The van der Waals surface area contributed by atoms with Gasteiger partial charge in [-0.2, -0.15) is 0 Å². The van der Waals surface area contributed by atoms with Crippen LogP contribution in [0.3, 0.4) is 0 Å². The standard InChI is InChI=1S/C15H16FNO/c1-9-5-12(7-13(16)6-9)15(18)14-11(3)4-10(2)8-17-14/h4-8,15,18H,1-3H3. The molecule has 1 N–H and O–H groups in total. The van der Waals surface area contributed by atoms with Crippen LogP contribution >= 0.6 is 0 Å². The molecule has 0 bridgehead atoms. The molecule has 0 aliphatic heterocycles. The summed E-state index contributed by atoms with van der Waals surface area (Å²) < 4.78 is 13.3. The van der Waals surface area contributed by atoms with Crippen LogP contribution < -0.4 is 0 Å². The molecule has 94 valence electrons. The van der Waals surface area contributed by atoms with Crippen molar-refractivity contribution in [2.75, 3.05) is 0 Å². The van der Waals surface area contributed by atoms with Gasteiger partial charge in [0.25, 0.3) is 0 Å². The number of halogens is 1. The molecule has 2 rings (SSSR count). The molecule has 0 saturated heterocycles. The van der Waals surface area contributed by atoms with Crippen molar-refractivity contribution < 1.29 is 9.50 Å². The van der Waals surface area contributed by atoms with E-state index in [9.17, 15) is 9.50 Å². The zero-order valence-corrected chi connectivity index (χ0v) is 10.7. The number of aromatic nitrogens is 1. The highest BCUT2D eigenvalue weighted by Crippen LogP contribution is 2.24. The Labute approximate surface area is 106 Å². The minimum absolute atomic E-state index is 0.339. The molecule has 18 heavy (non-hydrogen) atoms. The van der Waals surface area contributed by atoms with Gasteiger partial charge in [-0.25, -0.2) is 4.39 Å². The van der Waals surface area contributed by atoms with Crippen LogP contribution in [0.5, 0.6) is 0 Å². The van der Waals surface area contributed by atoms with Crippen LogP contribution in [-0.2, 0) is 0 Å². The van der Waals surface area contributed by atoms with Crippen molar-refractivity contribution in [2.45, 2.75) is 26.9 Å². The number of aliphatic hydroxyl groups excluding tert-OH is 1. The van der Waals surface area contributed by atoms with Crippen LogP contribution in [-0.4, -0.2) is 10.1 Å². The molecule has 0 aliphatic rings. The van der Waals surface area contributed by atoms with E-state index in [-0.39, 0.29) is 5.82 Å². The van der Waals surface area contributed by atoms with Gasteiger partial charge in [0.2, 0.25) is 0 Å². The largest absolute Gasteiger partial charge is 0.382 e. The van der Waals surface area contributed by atoms with Crippen LogP contribution in [0.1, 0.15) is 34.1 Å². The van der Waals surface area contributed by atoms with Crippen molar-refractivity contribution in [3.8, 4) is 0 Å². The van der Waals surface area contributed by atoms with Crippen molar-refractivity contribution in [1.29, 1.82) is 0 Å².